The van der Waals surface area contributed by atoms with Crippen molar-refractivity contribution in [1.29, 1.82) is 0 Å². The minimum absolute atomic E-state index is 0.178. The normalized spacial score (nSPS) is 11.6. The molecule has 4 aromatic rings. The van der Waals surface area contributed by atoms with E-state index in [9.17, 15) is 13.2 Å². The molecule has 0 bridgehead atoms. The van der Waals surface area contributed by atoms with Crippen LogP contribution in [0.25, 0.3) is 28.3 Å². The molecule has 142 valence electrons. The Morgan fingerprint density at radius 1 is 0.964 bits per heavy atom. The highest BCUT2D eigenvalue weighted by Crippen LogP contribution is 2.30. The summed E-state index contributed by atoms with van der Waals surface area (Å²) in [5.74, 6) is 0.252. The summed E-state index contributed by atoms with van der Waals surface area (Å²) in [6, 6.07) is 15.5. The van der Waals surface area contributed by atoms with E-state index >= 15 is 0 Å². The van der Waals surface area contributed by atoms with Crippen molar-refractivity contribution in [3.8, 4) is 34.1 Å². The van der Waals surface area contributed by atoms with Gasteiger partial charge in [-0.15, -0.1) is 13.2 Å². The minimum Gasteiger partial charge on any atom is -0.403 e. The average Bonchev–Trinajstić information content (AvgIpc) is 3.28. The highest BCUT2D eigenvalue weighted by molar-refractivity contribution is 5.67. The standard InChI is InChI=1S/C20H15F3N4O/c1-13-18(14-7-3-2-4-8-14)26-19(25-13)15-11-24-27(12-15)16-9-5-6-10-17(16)28-20(21,22)23/h2-12H,1H3,(H,25,26). The lowest BCUT2D eigenvalue weighted by atomic mass is 10.1. The van der Waals surface area contributed by atoms with Crippen LogP contribution >= 0.6 is 0 Å². The zero-order chi connectivity index (χ0) is 19.7. The number of para-hydroxylation sites is 2. The number of nitrogens with zero attached hydrogens (tertiary/aromatic N) is 3. The highest BCUT2D eigenvalue weighted by atomic mass is 19.4. The lowest BCUT2D eigenvalue weighted by molar-refractivity contribution is -0.274. The number of aromatic nitrogens is 4. The van der Waals surface area contributed by atoms with Crippen LogP contribution in [0.1, 0.15) is 5.69 Å². The van der Waals surface area contributed by atoms with Crippen molar-refractivity contribution >= 4 is 0 Å². The molecule has 0 radical (unpaired) electrons. The molecule has 0 saturated heterocycles. The van der Waals surface area contributed by atoms with Gasteiger partial charge in [0.1, 0.15) is 11.5 Å². The van der Waals surface area contributed by atoms with E-state index in [-0.39, 0.29) is 11.4 Å². The van der Waals surface area contributed by atoms with Crippen LogP contribution in [0.15, 0.2) is 67.0 Å². The molecule has 4 rings (SSSR count). The van der Waals surface area contributed by atoms with Gasteiger partial charge in [-0.2, -0.15) is 5.10 Å². The summed E-state index contributed by atoms with van der Waals surface area (Å²) in [6.45, 7) is 1.91. The Balaban J connectivity index is 1.68. The molecular formula is C20H15F3N4O. The molecule has 1 N–H and O–H groups in total. The first-order valence-corrected chi connectivity index (χ1v) is 8.43. The Morgan fingerprint density at radius 2 is 1.68 bits per heavy atom. The largest absolute Gasteiger partial charge is 0.573 e. The zero-order valence-electron chi connectivity index (χ0n) is 14.7. The fourth-order valence-corrected chi connectivity index (χ4v) is 2.91. The topological polar surface area (TPSA) is 55.7 Å². The van der Waals surface area contributed by atoms with Crippen molar-refractivity contribution in [3.05, 3.63) is 72.7 Å². The molecule has 0 unspecified atom stereocenters. The molecule has 5 nitrogen and oxygen atoms in total. The number of ether oxygens (including phenoxy) is 1. The second kappa shape index (κ2) is 6.88. The van der Waals surface area contributed by atoms with Crippen LogP contribution in [0.5, 0.6) is 5.75 Å². The summed E-state index contributed by atoms with van der Waals surface area (Å²) in [5, 5.41) is 4.17. The van der Waals surface area contributed by atoms with Crippen LogP contribution < -0.4 is 4.74 Å². The molecule has 2 heterocycles. The third-order valence-electron chi connectivity index (χ3n) is 4.13. The van der Waals surface area contributed by atoms with Crippen LogP contribution in [0.4, 0.5) is 13.2 Å². The maximum atomic E-state index is 12.6. The lowest BCUT2D eigenvalue weighted by Gasteiger charge is -2.12. The molecule has 0 atom stereocenters. The average molecular weight is 384 g/mol. The third kappa shape index (κ3) is 3.62. The fraction of sp³-hybridized carbons (Fsp3) is 0.100. The number of nitrogens with one attached hydrogen (secondary N) is 1. The number of imidazole rings is 1. The molecular weight excluding hydrogens is 369 g/mol. The van der Waals surface area contributed by atoms with E-state index in [0.717, 1.165) is 17.0 Å². The van der Waals surface area contributed by atoms with Gasteiger partial charge in [0.2, 0.25) is 0 Å². The Kier molecular flexibility index (Phi) is 4.38. The predicted octanol–water partition coefficient (Wildman–Crippen LogP) is 5.14. The van der Waals surface area contributed by atoms with E-state index in [1.165, 1.54) is 29.1 Å². The number of alkyl halides is 3. The van der Waals surface area contributed by atoms with Gasteiger partial charge in [-0.25, -0.2) is 9.67 Å². The van der Waals surface area contributed by atoms with Crippen molar-refractivity contribution in [2.24, 2.45) is 0 Å². The number of aromatic amines is 1. The van der Waals surface area contributed by atoms with Gasteiger partial charge in [0, 0.05) is 17.5 Å². The summed E-state index contributed by atoms with van der Waals surface area (Å²) in [4.78, 5) is 7.82. The molecule has 2 aromatic carbocycles. The van der Waals surface area contributed by atoms with Gasteiger partial charge < -0.3 is 9.72 Å². The van der Waals surface area contributed by atoms with Gasteiger partial charge in [0.05, 0.1) is 17.5 Å². The second-order valence-corrected chi connectivity index (χ2v) is 6.11. The summed E-state index contributed by atoms with van der Waals surface area (Å²) in [6.07, 6.45) is -1.64. The van der Waals surface area contributed by atoms with Crippen molar-refractivity contribution < 1.29 is 17.9 Å². The van der Waals surface area contributed by atoms with E-state index in [1.54, 1.807) is 12.3 Å². The quantitative estimate of drug-likeness (QED) is 0.530. The van der Waals surface area contributed by atoms with Gasteiger partial charge in [-0.3, -0.25) is 0 Å². The van der Waals surface area contributed by atoms with Crippen LogP contribution in [-0.4, -0.2) is 26.1 Å². The first kappa shape index (κ1) is 17.8. The molecule has 0 aliphatic carbocycles. The number of hydrogen-bond acceptors (Lipinski definition) is 3. The molecule has 8 heteroatoms. The molecule has 0 aliphatic rings. The minimum atomic E-state index is -4.78. The van der Waals surface area contributed by atoms with Crippen molar-refractivity contribution in [1.82, 2.24) is 19.7 Å². The molecule has 2 aromatic heterocycles. The number of aryl methyl sites for hydroxylation is 1. The van der Waals surface area contributed by atoms with Crippen molar-refractivity contribution in [2.75, 3.05) is 0 Å². The number of H-pyrrole nitrogens is 1. The first-order valence-electron chi connectivity index (χ1n) is 8.43. The van der Waals surface area contributed by atoms with Crippen LogP contribution in [0.3, 0.4) is 0 Å². The van der Waals surface area contributed by atoms with Crippen LogP contribution in [0, 0.1) is 6.92 Å². The van der Waals surface area contributed by atoms with Crippen LogP contribution in [-0.2, 0) is 0 Å². The molecule has 28 heavy (non-hydrogen) atoms. The smallest absolute Gasteiger partial charge is 0.403 e. The molecule has 0 amide bonds. The SMILES string of the molecule is Cc1[nH]c(-c2cnn(-c3ccccc3OC(F)(F)F)c2)nc1-c1ccccc1. The Bertz CT molecular complexity index is 1100. The predicted molar refractivity (Wildman–Crippen MR) is 98.0 cm³/mol. The Labute approximate surface area is 158 Å². The van der Waals surface area contributed by atoms with E-state index < -0.39 is 6.36 Å². The van der Waals surface area contributed by atoms with E-state index in [1.807, 2.05) is 37.3 Å². The fourth-order valence-electron chi connectivity index (χ4n) is 2.91. The first-order chi connectivity index (χ1) is 13.4. The molecule has 0 spiro atoms. The maximum absolute atomic E-state index is 12.6. The summed E-state index contributed by atoms with van der Waals surface area (Å²) < 4.78 is 43.4. The number of hydrogen-bond donors (Lipinski definition) is 1. The van der Waals surface area contributed by atoms with E-state index in [4.69, 9.17) is 0 Å². The van der Waals surface area contributed by atoms with Gasteiger partial charge in [-0.1, -0.05) is 42.5 Å². The lowest BCUT2D eigenvalue weighted by Crippen LogP contribution is -2.18. The van der Waals surface area contributed by atoms with Gasteiger partial charge in [-0.05, 0) is 19.1 Å². The molecule has 0 aliphatic heterocycles. The number of halogens is 3. The zero-order valence-corrected chi connectivity index (χ0v) is 14.7. The molecule has 0 fully saturated rings. The van der Waals surface area contributed by atoms with Crippen LogP contribution in [0.2, 0.25) is 0 Å². The monoisotopic (exact) mass is 384 g/mol. The number of benzene rings is 2. The highest BCUT2D eigenvalue weighted by Gasteiger charge is 2.32. The summed E-state index contributed by atoms with van der Waals surface area (Å²) >= 11 is 0. The Morgan fingerprint density at radius 3 is 2.43 bits per heavy atom. The van der Waals surface area contributed by atoms with Gasteiger partial charge in [0.15, 0.2) is 5.75 Å². The van der Waals surface area contributed by atoms with Gasteiger partial charge in [0.25, 0.3) is 0 Å². The summed E-state index contributed by atoms with van der Waals surface area (Å²) in [5.41, 5.74) is 3.49. The molecule has 0 saturated carbocycles. The number of rotatable bonds is 4. The van der Waals surface area contributed by atoms with Crippen molar-refractivity contribution in [3.63, 3.8) is 0 Å². The maximum Gasteiger partial charge on any atom is 0.573 e. The third-order valence-corrected chi connectivity index (χ3v) is 4.13. The second-order valence-electron chi connectivity index (χ2n) is 6.11. The van der Waals surface area contributed by atoms with E-state index in [2.05, 4.69) is 19.8 Å². The van der Waals surface area contributed by atoms with Gasteiger partial charge >= 0.3 is 6.36 Å². The summed E-state index contributed by atoms with van der Waals surface area (Å²) in [7, 11) is 0. The van der Waals surface area contributed by atoms with E-state index in [0.29, 0.717) is 11.4 Å². The van der Waals surface area contributed by atoms with Crippen molar-refractivity contribution in [2.45, 2.75) is 13.3 Å². The Hall–Kier alpha value is -3.55.